The average molecular weight is 526 g/mol. The lowest BCUT2D eigenvalue weighted by molar-refractivity contribution is 0.0470. The lowest BCUT2D eigenvalue weighted by Gasteiger charge is -2.29. The molecule has 1 aromatic heterocycles. The molecule has 0 saturated heterocycles. The van der Waals surface area contributed by atoms with E-state index in [-0.39, 0.29) is 12.1 Å². The molecule has 3 amide bonds. The molecule has 0 unspecified atom stereocenters. The van der Waals surface area contributed by atoms with E-state index < -0.39 is 17.2 Å². The summed E-state index contributed by atoms with van der Waals surface area (Å²) in [6.45, 7) is 9.76. The Morgan fingerprint density at radius 3 is 2.51 bits per heavy atom. The lowest BCUT2D eigenvalue weighted by Crippen LogP contribution is -2.43. The first-order valence-electron chi connectivity index (χ1n) is 12.1. The van der Waals surface area contributed by atoms with Gasteiger partial charge in [-0.2, -0.15) is 0 Å². The number of anilines is 1. The summed E-state index contributed by atoms with van der Waals surface area (Å²) >= 11 is 6.22. The molecule has 0 radical (unpaired) electrons. The predicted molar refractivity (Wildman–Crippen MR) is 142 cm³/mol. The van der Waals surface area contributed by atoms with E-state index in [9.17, 15) is 9.59 Å². The molecular formula is C27H32ClN5O4. The van der Waals surface area contributed by atoms with Crippen molar-refractivity contribution in [2.45, 2.75) is 58.2 Å². The number of amides is 3. The Balaban J connectivity index is 1.38. The SMILES string of the molecule is CC(C)(C)OC(=O)NC(C)(C)c1ccc(-n2ccc(NC(=O)N[C@H]3CCOc4c(Cl)cccc43)n2)cc1. The predicted octanol–water partition coefficient (Wildman–Crippen LogP) is 5.93. The van der Waals surface area contributed by atoms with Crippen LogP contribution in [0.15, 0.2) is 54.7 Å². The first-order valence-corrected chi connectivity index (χ1v) is 12.5. The van der Waals surface area contributed by atoms with Crippen LogP contribution in [-0.4, -0.2) is 34.1 Å². The summed E-state index contributed by atoms with van der Waals surface area (Å²) in [5, 5.41) is 13.6. The fraction of sp³-hybridized carbons (Fsp3) is 0.370. The Kier molecular flexibility index (Phi) is 7.36. The highest BCUT2D eigenvalue weighted by molar-refractivity contribution is 6.32. The van der Waals surface area contributed by atoms with Crippen LogP contribution in [0.4, 0.5) is 15.4 Å². The zero-order valence-electron chi connectivity index (χ0n) is 21.6. The molecular weight excluding hydrogens is 494 g/mol. The number of urea groups is 1. The monoisotopic (exact) mass is 525 g/mol. The van der Waals surface area contributed by atoms with E-state index in [0.717, 1.165) is 16.8 Å². The van der Waals surface area contributed by atoms with Crippen molar-refractivity contribution in [3.63, 3.8) is 0 Å². The standard InChI is InChI=1S/C27H32ClN5O4/c1-26(2,3)37-25(35)31-27(4,5)17-9-11-18(12-10-17)33-15-13-22(32-33)30-24(34)29-21-14-16-36-23-19(21)7-6-8-20(23)28/h6-13,15,21H,14,16H2,1-5H3,(H,31,35)(H2,29,30,32,34)/t21-/m0/s1. The van der Waals surface area contributed by atoms with Crippen molar-refractivity contribution in [3.8, 4) is 11.4 Å². The number of carbonyl (C=O) groups excluding carboxylic acids is 2. The first-order chi connectivity index (χ1) is 17.4. The number of alkyl carbamates (subject to hydrolysis) is 1. The molecule has 37 heavy (non-hydrogen) atoms. The van der Waals surface area contributed by atoms with E-state index in [1.165, 1.54) is 0 Å². The zero-order chi connectivity index (χ0) is 26.8. The summed E-state index contributed by atoms with van der Waals surface area (Å²) in [5.41, 5.74) is 1.35. The van der Waals surface area contributed by atoms with Gasteiger partial charge in [0.2, 0.25) is 0 Å². The molecule has 1 atom stereocenters. The summed E-state index contributed by atoms with van der Waals surface area (Å²) in [6.07, 6.45) is 1.92. The van der Waals surface area contributed by atoms with Crippen molar-refractivity contribution in [1.82, 2.24) is 20.4 Å². The minimum absolute atomic E-state index is 0.213. The molecule has 0 bridgehead atoms. The molecule has 0 spiro atoms. The number of halogens is 1. The summed E-state index contributed by atoms with van der Waals surface area (Å²) in [4.78, 5) is 24.9. The third kappa shape index (κ3) is 6.54. The zero-order valence-corrected chi connectivity index (χ0v) is 22.3. The molecule has 1 aliphatic rings. The van der Waals surface area contributed by atoms with Gasteiger partial charge in [-0.05, 0) is 58.4 Å². The van der Waals surface area contributed by atoms with Crippen LogP contribution in [0.2, 0.25) is 5.02 Å². The van der Waals surface area contributed by atoms with Crippen LogP contribution in [0, 0.1) is 0 Å². The fourth-order valence-electron chi connectivity index (χ4n) is 4.04. The van der Waals surface area contributed by atoms with Crippen LogP contribution >= 0.6 is 11.6 Å². The minimum Gasteiger partial charge on any atom is -0.492 e. The Labute approximate surface area is 221 Å². The van der Waals surface area contributed by atoms with E-state index in [2.05, 4.69) is 21.0 Å². The number of nitrogens with zero attached hydrogens (tertiary/aromatic N) is 2. The number of aromatic nitrogens is 2. The van der Waals surface area contributed by atoms with Gasteiger partial charge in [0.05, 0.1) is 28.9 Å². The van der Waals surface area contributed by atoms with Crippen LogP contribution < -0.4 is 20.7 Å². The van der Waals surface area contributed by atoms with E-state index in [4.69, 9.17) is 21.1 Å². The molecule has 3 aromatic rings. The van der Waals surface area contributed by atoms with Gasteiger partial charge in [0.1, 0.15) is 11.4 Å². The Hall–Kier alpha value is -3.72. The second kappa shape index (κ2) is 10.3. The highest BCUT2D eigenvalue weighted by Gasteiger charge is 2.27. The number of hydrogen-bond donors (Lipinski definition) is 3. The van der Waals surface area contributed by atoms with Gasteiger partial charge in [0.25, 0.3) is 0 Å². The van der Waals surface area contributed by atoms with Crippen molar-refractivity contribution >= 4 is 29.5 Å². The summed E-state index contributed by atoms with van der Waals surface area (Å²) in [7, 11) is 0. The van der Waals surface area contributed by atoms with Crippen molar-refractivity contribution in [1.29, 1.82) is 0 Å². The largest absolute Gasteiger partial charge is 0.492 e. The number of para-hydroxylation sites is 1. The number of nitrogens with one attached hydrogen (secondary N) is 3. The summed E-state index contributed by atoms with van der Waals surface area (Å²) < 4.78 is 12.7. The number of carbonyl (C=O) groups is 2. The minimum atomic E-state index is -0.636. The van der Waals surface area contributed by atoms with E-state index in [1.807, 2.05) is 71.0 Å². The van der Waals surface area contributed by atoms with Crippen LogP contribution in [0.5, 0.6) is 5.75 Å². The highest BCUT2D eigenvalue weighted by atomic mass is 35.5. The first kappa shape index (κ1) is 26.3. The van der Waals surface area contributed by atoms with Gasteiger partial charge in [-0.1, -0.05) is 35.9 Å². The van der Waals surface area contributed by atoms with Gasteiger partial charge in [-0.25, -0.2) is 14.3 Å². The molecule has 10 heteroatoms. The number of hydrogen-bond acceptors (Lipinski definition) is 5. The molecule has 9 nitrogen and oxygen atoms in total. The maximum Gasteiger partial charge on any atom is 0.408 e. The number of ether oxygens (including phenoxy) is 2. The maximum atomic E-state index is 12.7. The Morgan fingerprint density at radius 1 is 1.08 bits per heavy atom. The van der Waals surface area contributed by atoms with Crippen molar-refractivity contribution in [2.24, 2.45) is 0 Å². The molecule has 0 aliphatic carbocycles. The van der Waals surface area contributed by atoms with Gasteiger partial charge in [0, 0.05) is 24.2 Å². The van der Waals surface area contributed by atoms with Crippen molar-refractivity contribution in [2.75, 3.05) is 11.9 Å². The van der Waals surface area contributed by atoms with Gasteiger partial charge in [0.15, 0.2) is 5.82 Å². The molecule has 2 aromatic carbocycles. The quantitative estimate of drug-likeness (QED) is 0.382. The molecule has 196 valence electrons. The normalized spacial score (nSPS) is 15.2. The second-order valence-corrected chi connectivity index (χ2v) is 10.8. The highest BCUT2D eigenvalue weighted by Crippen LogP contribution is 2.37. The van der Waals surface area contributed by atoms with Gasteiger partial charge < -0.3 is 20.1 Å². The summed E-state index contributed by atoms with van der Waals surface area (Å²) in [6, 6.07) is 14.3. The summed E-state index contributed by atoms with van der Waals surface area (Å²) in [5.74, 6) is 1.02. The smallest absolute Gasteiger partial charge is 0.408 e. The van der Waals surface area contributed by atoms with Crippen LogP contribution in [0.25, 0.3) is 5.69 Å². The van der Waals surface area contributed by atoms with Gasteiger partial charge >= 0.3 is 12.1 Å². The second-order valence-electron chi connectivity index (χ2n) is 10.4. The molecule has 3 N–H and O–H groups in total. The van der Waals surface area contributed by atoms with Crippen LogP contribution in [-0.2, 0) is 10.3 Å². The average Bonchev–Trinajstić information content (AvgIpc) is 3.26. The lowest BCUT2D eigenvalue weighted by atomic mass is 9.94. The molecule has 2 heterocycles. The number of benzene rings is 2. The van der Waals surface area contributed by atoms with Gasteiger partial charge in [-0.15, -0.1) is 5.10 Å². The van der Waals surface area contributed by atoms with Crippen LogP contribution in [0.1, 0.15) is 58.2 Å². The fourth-order valence-corrected chi connectivity index (χ4v) is 4.28. The molecule has 0 fully saturated rings. The van der Waals surface area contributed by atoms with Crippen molar-refractivity contribution in [3.05, 3.63) is 70.9 Å². The molecule has 0 saturated carbocycles. The van der Waals surface area contributed by atoms with E-state index in [1.54, 1.807) is 23.0 Å². The Morgan fingerprint density at radius 2 is 1.81 bits per heavy atom. The topological polar surface area (TPSA) is 107 Å². The van der Waals surface area contributed by atoms with E-state index >= 15 is 0 Å². The molecule has 4 rings (SSSR count). The van der Waals surface area contributed by atoms with Gasteiger partial charge in [-0.3, -0.25) is 5.32 Å². The van der Waals surface area contributed by atoms with Crippen molar-refractivity contribution < 1.29 is 19.1 Å². The Bertz CT molecular complexity index is 1280. The number of fused-ring (bicyclic) bond motifs is 1. The number of rotatable bonds is 5. The molecule has 1 aliphatic heterocycles. The van der Waals surface area contributed by atoms with E-state index in [0.29, 0.717) is 29.6 Å². The van der Waals surface area contributed by atoms with Crippen LogP contribution in [0.3, 0.4) is 0 Å². The third-order valence-corrected chi connectivity index (χ3v) is 6.13. The third-order valence-electron chi connectivity index (χ3n) is 5.83. The maximum absolute atomic E-state index is 12.7.